The van der Waals surface area contributed by atoms with Gasteiger partial charge in [0.15, 0.2) is 0 Å². The molecule has 0 spiro atoms. The quantitative estimate of drug-likeness (QED) is 0.505. The number of rotatable bonds is 7. The van der Waals surface area contributed by atoms with Crippen LogP contribution in [0.5, 0.6) is 5.75 Å². The van der Waals surface area contributed by atoms with E-state index in [0.29, 0.717) is 24.5 Å². The highest BCUT2D eigenvalue weighted by Crippen LogP contribution is 2.20. The van der Waals surface area contributed by atoms with E-state index in [2.05, 4.69) is 20.6 Å². The van der Waals surface area contributed by atoms with Crippen LogP contribution in [0.4, 0.5) is 5.69 Å². The first-order valence-electron chi connectivity index (χ1n) is 9.46. The Morgan fingerprint density at radius 3 is 2.63 bits per heavy atom. The van der Waals surface area contributed by atoms with Crippen molar-refractivity contribution in [2.75, 3.05) is 5.32 Å². The number of hydrogen-bond acceptors (Lipinski definition) is 6. The smallest absolute Gasteiger partial charge is 0.255 e. The molecule has 0 atom stereocenters. The zero-order valence-electron chi connectivity index (χ0n) is 16.7. The molecule has 2 aromatic heterocycles. The van der Waals surface area contributed by atoms with Crippen molar-refractivity contribution in [3.8, 4) is 5.75 Å². The van der Waals surface area contributed by atoms with Gasteiger partial charge in [0.2, 0.25) is 0 Å². The van der Waals surface area contributed by atoms with E-state index in [1.807, 2.05) is 38.1 Å². The monoisotopic (exact) mass is 403 g/mol. The summed E-state index contributed by atoms with van der Waals surface area (Å²) in [6.45, 7) is 4.61. The predicted molar refractivity (Wildman–Crippen MR) is 110 cm³/mol. The summed E-state index contributed by atoms with van der Waals surface area (Å²) in [7, 11) is 0. The summed E-state index contributed by atoms with van der Waals surface area (Å²) in [6.07, 6.45) is 3.12. The van der Waals surface area contributed by atoms with Gasteiger partial charge in [-0.25, -0.2) is 9.67 Å². The average molecular weight is 403 g/mol. The molecule has 4 rings (SSSR count). The summed E-state index contributed by atoms with van der Waals surface area (Å²) in [5, 5.41) is 11.0. The van der Waals surface area contributed by atoms with Gasteiger partial charge in [0.1, 0.15) is 30.8 Å². The number of nitrogens with zero attached hydrogens (tertiary/aromatic N) is 4. The number of hydrogen-bond donors (Lipinski definition) is 1. The van der Waals surface area contributed by atoms with Crippen molar-refractivity contribution >= 4 is 11.6 Å². The molecule has 0 unspecified atom stereocenters. The normalized spacial score (nSPS) is 10.7. The van der Waals surface area contributed by atoms with E-state index in [9.17, 15) is 4.79 Å². The Bertz CT molecular complexity index is 1110. The van der Waals surface area contributed by atoms with Crippen LogP contribution >= 0.6 is 0 Å². The summed E-state index contributed by atoms with van der Waals surface area (Å²) >= 11 is 0. The van der Waals surface area contributed by atoms with Gasteiger partial charge >= 0.3 is 0 Å². The Morgan fingerprint density at radius 2 is 1.93 bits per heavy atom. The molecule has 1 amide bonds. The number of aromatic nitrogens is 4. The van der Waals surface area contributed by atoms with Gasteiger partial charge < -0.3 is 14.6 Å². The second-order valence-corrected chi connectivity index (χ2v) is 6.82. The fraction of sp³-hybridized carbons (Fsp3) is 0.182. The van der Waals surface area contributed by atoms with Crippen molar-refractivity contribution in [3.05, 3.63) is 89.3 Å². The van der Waals surface area contributed by atoms with Crippen LogP contribution in [-0.4, -0.2) is 25.8 Å². The minimum absolute atomic E-state index is 0.196. The van der Waals surface area contributed by atoms with Gasteiger partial charge in [0, 0.05) is 11.3 Å². The van der Waals surface area contributed by atoms with Crippen LogP contribution in [0.2, 0.25) is 0 Å². The Labute approximate surface area is 173 Å². The summed E-state index contributed by atoms with van der Waals surface area (Å²) in [5.41, 5.74) is 3.96. The highest BCUT2D eigenvalue weighted by Gasteiger charge is 2.12. The molecule has 0 bridgehead atoms. The van der Waals surface area contributed by atoms with Crippen molar-refractivity contribution in [3.63, 3.8) is 0 Å². The largest absolute Gasteiger partial charge is 0.489 e. The molecule has 0 aliphatic carbocycles. The first-order valence-corrected chi connectivity index (χ1v) is 9.46. The van der Waals surface area contributed by atoms with Gasteiger partial charge in [-0.15, -0.1) is 0 Å². The first kappa shape index (κ1) is 19.4. The molecule has 4 aromatic rings. The molecule has 0 saturated carbocycles. The molecule has 0 fully saturated rings. The number of amides is 1. The molecule has 152 valence electrons. The maximum Gasteiger partial charge on any atom is 0.255 e. The lowest BCUT2D eigenvalue weighted by Crippen LogP contribution is -2.14. The maximum absolute atomic E-state index is 12.7. The van der Waals surface area contributed by atoms with Crippen molar-refractivity contribution in [2.45, 2.75) is 27.0 Å². The topological polar surface area (TPSA) is 95.1 Å². The van der Waals surface area contributed by atoms with Crippen molar-refractivity contribution in [1.29, 1.82) is 0 Å². The van der Waals surface area contributed by atoms with E-state index in [1.54, 1.807) is 35.3 Å². The van der Waals surface area contributed by atoms with E-state index >= 15 is 0 Å². The number of anilines is 1. The molecule has 1 N–H and O–H groups in total. The van der Waals surface area contributed by atoms with Gasteiger partial charge in [-0.3, -0.25) is 4.79 Å². The fourth-order valence-electron chi connectivity index (χ4n) is 3.03. The summed E-state index contributed by atoms with van der Waals surface area (Å²) in [6, 6.07) is 14.6. The average Bonchev–Trinajstić information content (AvgIpc) is 3.38. The van der Waals surface area contributed by atoms with Crippen LogP contribution < -0.4 is 10.1 Å². The number of benzene rings is 2. The molecular formula is C22H21N5O3. The molecule has 0 aliphatic heterocycles. The lowest BCUT2D eigenvalue weighted by atomic mass is 10.1. The van der Waals surface area contributed by atoms with Crippen molar-refractivity contribution in [2.24, 2.45) is 0 Å². The zero-order valence-corrected chi connectivity index (χ0v) is 16.7. The Morgan fingerprint density at radius 1 is 1.13 bits per heavy atom. The third kappa shape index (κ3) is 4.38. The number of nitrogens with one attached hydrogen (secondary N) is 1. The van der Waals surface area contributed by atoms with Gasteiger partial charge in [0.25, 0.3) is 5.91 Å². The molecule has 0 radical (unpaired) electrons. The third-order valence-corrected chi connectivity index (χ3v) is 4.75. The lowest BCUT2D eigenvalue weighted by molar-refractivity contribution is 0.102. The molecule has 8 nitrogen and oxygen atoms in total. The van der Waals surface area contributed by atoms with Crippen molar-refractivity contribution < 1.29 is 14.1 Å². The van der Waals surface area contributed by atoms with Gasteiger partial charge in [0.05, 0.1) is 17.8 Å². The highest BCUT2D eigenvalue weighted by atomic mass is 16.5. The van der Waals surface area contributed by atoms with Crippen LogP contribution in [-0.2, 0) is 13.2 Å². The van der Waals surface area contributed by atoms with E-state index < -0.39 is 0 Å². The third-order valence-electron chi connectivity index (χ3n) is 4.75. The zero-order chi connectivity index (χ0) is 20.9. The second kappa shape index (κ2) is 8.60. The summed E-state index contributed by atoms with van der Waals surface area (Å²) < 4.78 is 12.6. The maximum atomic E-state index is 12.7. The number of aryl methyl sites for hydroxylation is 2. The van der Waals surface area contributed by atoms with Gasteiger partial charge in [-0.2, -0.15) is 5.10 Å². The summed E-state index contributed by atoms with van der Waals surface area (Å²) in [4.78, 5) is 16.7. The summed E-state index contributed by atoms with van der Waals surface area (Å²) in [5.74, 6) is 1.21. The van der Waals surface area contributed by atoms with Gasteiger partial charge in [-0.05, 0) is 49.7 Å². The molecule has 30 heavy (non-hydrogen) atoms. The number of ether oxygens (including phenoxy) is 1. The van der Waals surface area contributed by atoms with E-state index in [1.165, 1.54) is 6.33 Å². The van der Waals surface area contributed by atoms with Crippen LogP contribution in [0.3, 0.4) is 0 Å². The Balaban J connectivity index is 1.41. The number of para-hydroxylation sites is 1. The van der Waals surface area contributed by atoms with E-state index in [4.69, 9.17) is 9.26 Å². The SMILES string of the molecule is Cc1noc(C)c1COc1ccc(C(=O)Nc2ccccc2Cn2cncn2)cc1. The molecule has 2 heterocycles. The highest BCUT2D eigenvalue weighted by molar-refractivity contribution is 6.04. The van der Waals surface area contributed by atoms with Crippen LogP contribution in [0, 0.1) is 13.8 Å². The Hall–Kier alpha value is -3.94. The predicted octanol–water partition coefficient (Wildman–Crippen LogP) is 3.76. The fourth-order valence-corrected chi connectivity index (χ4v) is 3.03. The minimum Gasteiger partial charge on any atom is -0.489 e. The lowest BCUT2D eigenvalue weighted by Gasteiger charge is -2.11. The van der Waals surface area contributed by atoms with Crippen LogP contribution in [0.15, 0.2) is 65.7 Å². The molecule has 8 heteroatoms. The molecule has 2 aromatic carbocycles. The van der Waals surface area contributed by atoms with E-state index in [0.717, 1.165) is 28.3 Å². The van der Waals surface area contributed by atoms with Gasteiger partial charge in [-0.1, -0.05) is 23.4 Å². The van der Waals surface area contributed by atoms with Crippen LogP contribution in [0.25, 0.3) is 0 Å². The minimum atomic E-state index is -0.196. The molecule has 0 saturated heterocycles. The Kier molecular flexibility index (Phi) is 5.56. The van der Waals surface area contributed by atoms with Crippen LogP contribution in [0.1, 0.15) is 32.9 Å². The number of carbonyl (C=O) groups excluding carboxylic acids is 1. The molecular weight excluding hydrogens is 382 g/mol. The van der Waals surface area contributed by atoms with Crippen molar-refractivity contribution in [1.82, 2.24) is 19.9 Å². The first-order chi connectivity index (χ1) is 14.6. The second-order valence-electron chi connectivity index (χ2n) is 6.82. The standard InChI is InChI=1S/C22H21N5O3/c1-15-20(16(2)30-26-15)12-29-19-9-7-17(8-10-19)22(28)25-21-6-4-3-5-18(21)11-27-14-23-13-24-27/h3-10,13-14H,11-12H2,1-2H3,(H,25,28). The van der Waals surface area contributed by atoms with E-state index in [-0.39, 0.29) is 5.91 Å². The number of carbonyl (C=O) groups is 1. The molecule has 0 aliphatic rings.